The Balaban J connectivity index is 1.27. The zero-order valence-electron chi connectivity index (χ0n) is 16.8. The molecule has 7 nitrogen and oxygen atoms in total. The van der Waals surface area contributed by atoms with E-state index in [1.165, 1.54) is 5.56 Å². The van der Waals surface area contributed by atoms with Crippen molar-refractivity contribution in [2.75, 3.05) is 75.3 Å². The van der Waals surface area contributed by atoms with Gasteiger partial charge < -0.3 is 14.9 Å². The van der Waals surface area contributed by atoms with Crippen LogP contribution in [-0.2, 0) is 6.54 Å². The van der Waals surface area contributed by atoms with Gasteiger partial charge in [0.25, 0.3) is 0 Å². The van der Waals surface area contributed by atoms with Crippen molar-refractivity contribution in [2.45, 2.75) is 6.54 Å². The van der Waals surface area contributed by atoms with Crippen LogP contribution in [0.4, 0.5) is 11.6 Å². The Labute approximate surface area is 177 Å². The lowest BCUT2D eigenvalue weighted by Crippen LogP contribution is -2.47. The summed E-state index contributed by atoms with van der Waals surface area (Å²) in [5.41, 5.74) is 1.26. The summed E-state index contributed by atoms with van der Waals surface area (Å²) in [6, 6.07) is 12.3. The van der Waals surface area contributed by atoms with Gasteiger partial charge in [-0.1, -0.05) is 23.7 Å². The van der Waals surface area contributed by atoms with Gasteiger partial charge in [-0.3, -0.25) is 9.80 Å². The first-order valence-electron chi connectivity index (χ1n) is 10.3. The minimum Gasteiger partial charge on any atom is -0.395 e. The lowest BCUT2D eigenvalue weighted by molar-refractivity contribution is 0.188. The van der Waals surface area contributed by atoms with Gasteiger partial charge in [-0.2, -0.15) is 0 Å². The van der Waals surface area contributed by atoms with Crippen LogP contribution in [0, 0.1) is 0 Å². The number of benzene rings is 1. The molecule has 0 radical (unpaired) electrons. The first kappa shape index (κ1) is 20.3. The summed E-state index contributed by atoms with van der Waals surface area (Å²) in [6.45, 7) is 9.59. The Morgan fingerprint density at radius 3 is 1.90 bits per heavy atom. The Hall–Kier alpha value is -1.93. The fourth-order valence-electron chi connectivity index (χ4n) is 4.03. The number of aromatic nitrogens is 2. The van der Waals surface area contributed by atoms with Gasteiger partial charge in [-0.05, 0) is 29.8 Å². The van der Waals surface area contributed by atoms with Crippen LogP contribution in [0.15, 0.2) is 36.4 Å². The first-order chi connectivity index (χ1) is 14.2. The third-order valence-corrected chi connectivity index (χ3v) is 5.98. The van der Waals surface area contributed by atoms with Gasteiger partial charge in [0.15, 0.2) is 11.6 Å². The first-order valence-corrected chi connectivity index (χ1v) is 10.7. The largest absolute Gasteiger partial charge is 0.395 e. The molecule has 0 amide bonds. The fourth-order valence-corrected chi connectivity index (χ4v) is 4.24. The molecule has 0 unspecified atom stereocenters. The van der Waals surface area contributed by atoms with E-state index < -0.39 is 0 Å². The van der Waals surface area contributed by atoms with E-state index in [0.717, 1.165) is 82.1 Å². The molecule has 2 aromatic rings. The Morgan fingerprint density at radius 1 is 0.793 bits per heavy atom. The van der Waals surface area contributed by atoms with Crippen molar-refractivity contribution in [2.24, 2.45) is 0 Å². The van der Waals surface area contributed by atoms with E-state index in [1.54, 1.807) is 0 Å². The number of anilines is 2. The summed E-state index contributed by atoms with van der Waals surface area (Å²) in [5.74, 6) is 1.90. The average Bonchev–Trinajstić information content (AvgIpc) is 2.75. The predicted octanol–water partition coefficient (Wildman–Crippen LogP) is 1.57. The van der Waals surface area contributed by atoms with Crippen LogP contribution in [0.2, 0.25) is 5.02 Å². The molecular weight excluding hydrogens is 388 g/mol. The second-order valence-electron chi connectivity index (χ2n) is 7.70. The number of aliphatic hydroxyl groups is 1. The van der Waals surface area contributed by atoms with Gasteiger partial charge in [-0.15, -0.1) is 10.2 Å². The topological polar surface area (TPSA) is 59.0 Å². The molecule has 2 saturated heterocycles. The maximum atomic E-state index is 9.07. The third kappa shape index (κ3) is 5.36. The van der Waals surface area contributed by atoms with Gasteiger partial charge >= 0.3 is 0 Å². The van der Waals surface area contributed by atoms with Crippen LogP contribution in [0.25, 0.3) is 0 Å². The van der Waals surface area contributed by atoms with Gasteiger partial charge in [-0.25, -0.2) is 0 Å². The second-order valence-corrected chi connectivity index (χ2v) is 8.13. The van der Waals surface area contributed by atoms with E-state index in [9.17, 15) is 0 Å². The number of piperazine rings is 2. The molecule has 1 aromatic heterocycles. The van der Waals surface area contributed by atoms with Gasteiger partial charge in [0.05, 0.1) is 6.61 Å². The lowest BCUT2D eigenvalue weighted by Gasteiger charge is -2.36. The minimum atomic E-state index is 0.223. The highest BCUT2D eigenvalue weighted by molar-refractivity contribution is 6.30. The molecule has 29 heavy (non-hydrogen) atoms. The number of rotatable bonds is 6. The fraction of sp³-hybridized carbons (Fsp3) is 0.524. The van der Waals surface area contributed by atoms with Crippen molar-refractivity contribution in [3.8, 4) is 0 Å². The van der Waals surface area contributed by atoms with Gasteiger partial charge in [0, 0.05) is 70.5 Å². The quantitative estimate of drug-likeness (QED) is 0.766. The van der Waals surface area contributed by atoms with Crippen molar-refractivity contribution in [1.29, 1.82) is 0 Å². The van der Waals surface area contributed by atoms with Crippen LogP contribution in [0.5, 0.6) is 0 Å². The highest BCUT2D eigenvalue weighted by Crippen LogP contribution is 2.19. The molecule has 2 aliphatic heterocycles. The normalized spacial score (nSPS) is 19.0. The molecule has 2 aliphatic rings. The molecule has 0 aliphatic carbocycles. The zero-order valence-corrected chi connectivity index (χ0v) is 17.5. The lowest BCUT2D eigenvalue weighted by atomic mass is 10.2. The Kier molecular flexibility index (Phi) is 6.82. The SMILES string of the molecule is OCCN1CCN(c2ccc(N3CCN(Cc4cccc(Cl)c4)CC3)nn2)CC1. The van der Waals surface area contributed by atoms with Crippen LogP contribution < -0.4 is 9.80 Å². The zero-order chi connectivity index (χ0) is 20.1. The molecule has 8 heteroatoms. The van der Waals surface area contributed by atoms with Crippen molar-refractivity contribution >= 4 is 23.2 Å². The Bertz CT molecular complexity index is 773. The summed E-state index contributed by atoms with van der Waals surface area (Å²) in [4.78, 5) is 9.31. The maximum absolute atomic E-state index is 9.07. The van der Waals surface area contributed by atoms with Crippen LogP contribution in [-0.4, -0.2) is 90.6 Å². The summed E-state index contributed by atoms with van der Waals surface area (Å²) in [6.07, 6.45) is 0. The molecule has 1 aromatic carbocycles. The van der Waals surface area contributed by atoms with E-state index in [4.69, 9.17) is 16.7 Å². The minimum absolute atomic E-state index is 0.223. The average molecular weight is 417 g/mol. The molecule has 4 rings (SSSR count). The summed E-state index contributed by atoms with van der Waals surface area (Å²) < 4.78 is 0. The van der Waals surface area contributed by atoms with E-state index >= 15 is 0 Å². The maximum Gasteiger partial charge on any atom is 0.151 e. The molecule has 3 heterocycles. The van der Waals surface area contributed by atoms with E-state index in [-0.39, 0.29) is 6.61 Å². The smallest absolute Gasteiger partial charge is 0.151 e. The molecule has 0 saturated carbocycles. The van der Waals surface area contributed by atoms with Crippen molar-refractivity contribution in [1.82, 2.24) is 20.0 Å². The van der Waals surface area contributed by atoms with Crippen LogP contribution >= 0.6 is 11.6 Å². The molecule has 0 atom stereocenters. The predicted molar refractivity (Wildman–Crippen MR) is 117 cm³/mol. The highest BCUT2D eigenvalue weighted by Gasteiger charge is 2.21. The number of hydrogen-bond acceptors (Lipinski definition) is 7. The molecule has 1 N–H and O–H groups in total. The van der Waals surface area contributed by atoms with Gasteiger partial charge in [0.2, 0.25) is 0 Å². The van der Waals surface area contributed by atoms with Crippen molar-refractivity contribution in [3.63, 3.8) is 0 Å². The third-order valence-electron chi connectivity index (χ3n) is 5.74. The van der Waals surface area contributed by atoms with E-state index in [0.29, 0.717) is 0 Å². The monoisotopic (exact) mass is 416 g/mol. The molecular formula is C21H29ClN6O. The molecule has 2 fully saturated rings. The highest BCUT2D eigenvalue weighted by atomic mass is 35.5. The van der Waals surface area contributed by atoms with Crippen LogP contribution in [0.1, 0.15) is 5.56 Å². The number of nitrogens with zero attached hydrogens (tertiary/aromatic N) is 6. The molecule has 0 bridgehead atoms. The number of hydrogen-bond donors (Lipinski definition) is 1. The van der Waals surface area contributed by atoms with E-state index in [1.807, 2.05) is 18.2 Å². The molecule has 0 spiro atoms. The second kappa shape index (κ2) is 9.71. The number of halogens is 1. The summed E-state index contributed by atoms with van der Waals surface area (Å²) in [7, 11) is 0. The van der Waals surface area contributed by atoms with Crippen molar-refractivity contribution in [3.05, 3.63) is 47.0 Å². The van der Waals surface area contributed by atoms with Crippen molar-refractivity contribution < 1.29 is 5.11 Å². The number of aliphatic hydroxyl groups excluding tert-OH is 1. The Morgan fingerprint density at radius 2 is 1.38 bits per heavy atom. The molecule has 156 valence electrons. The van der Waals surface area contributed by atoms with E-state index in [2.05, 4.69) is 48.0 Å². The summed E-state index contributed by atoms with van der Waals surface area (Å²) >= 11 is 6.10. The standard InChI is InChI=1S/C21H29ClN6O/c22-19-3-1-2-18(16-19)17-26-8-12-28(13-9-26)21-5-4-20(23-24-21)27-10-6-25(7-11-27)14-15-29/h1-5,16,29H,6-15,17H2. The van der Waals surface area contributed by atoms with Crippen LogP contribution in [0.3, 0.4) is 0 Å². The van der Waals surface area contributed by atoms with Gasteiger partial charge in [0.1, 0.15) is 0 Å². The summed E-state index contributed by atoms with van der Waals surface area (Å²) in [5, 5.41) is 18.8. The number of β-amino-alcohol motifs (C(OH)–C–C–N with tert-alkyl or cyclic N) is 1.